The molecule has 0 bridgehead atoms. The van der Waals surface area contributed by atoms with Crippen LogP contribution in [-0.2, 0) is 28.6 Å². The molecule has 0 heterocycles. The summed E-state index contributed by atoms with van der Waals surface area (Å²) in [6.45, 7) is 6.48. The van der Waals surface area contributed by atoms with Crippen LogP contribution in [0.15, 0.2) is 85.1 Å². The summed E-state index contributed by atoms with van der Waals surface area (Å²) < 4.78 is 16.9. The summed E-state index contributed by atoms with van der Waals surface area (Å²) in [5.41, 5.74) is 0. The Labute approximate surface area is 490 Å². The Kier molecular flexibility index (Phi) is 64.2. The monoisotopic (exact) mass is 1100 g/mol. The van der Waals surface area contributed by atoms with Gasteiger partial charge >= 0.3 is 17.9 Å². The van der Waals surface area contributed by atoms with Crippen molar-refractivity contribution in [3.05, 3.63) is 85.1 Å². The molecule has 6 heteroatoms. The molecule has 0 aromatic heterocycles. The van der Waals surface area contributed by atoms with Crippen LogP contribution in [0.4, 0.5) is 0 Å². The van der Waals surface area contributed by atoms with Gasteiger partial charge in [0.25, 0.3) is 0 Å². The number of carbonyl (C=O) groups excluding carboxylic acids is 3. The van der Waals surface area contributed by atoms with Crippen LogP contribution < -0.4 is 0 Å². The molecular weight excluding hydrogens is 973 g/mol. The van der Waals surface area contributed by atoms with Gasteiger partial charge < -0.3 is 14.2 Å². The van der Waals surface area contributed by atoms with Gasteiger partial charge in [0.1, 0.15) is 13.2 Å². The van der Waals surface area contributed by atoms with Gasteiger partial charge in [0.15, 0.2) is 6.10 Å². The number of hydrogen-bond acceptors (Lipinski definition) is 6. The number of unbranched alkanes of at least 4 members (excludes halogenated alkanes) is 37. The molecule has 0 saturated heterocycles. The molecule has 0 aliphatic rings. The number of carbonyl (C=O) groups is 3. The topological polar surface area (TPSA) is 78.9 Å². The summed E-state index contributed by atoms with van der Waals surface area (Å²) >= 11 is 0. The highest BCUT2D eigenvalue weighted by atomic mass is 16.6. The summed E-state index contributed by atoms with van der Waals surface area (Å²) in [6, 6.07) is 0. The number of hydrogen-bond donors (Lipinski definition) is 0. The predicted octanol–water partition coefficient (Wildman–Crippen LogP) is 23.4. The van der Waals surface area contributed by atoms with Gasteiger partial charge in [0.05, 0.1) is 0 Å². The van der Waals surface area contributed by atoms with E-state index in [2.05, 4.69) is 106 Å². The maximum absolute atomic E-state index is 12.9. The van der Waals surface area contributed by atoms with Crippen LogP contribution in [0.2, 0.25) is 0 Å². The van der Waals surface area contributed by atoms with Crippen molar-refractivity contribution in [3.8, 4) is 0 Å². The van der Waals surface area contributed by atoms with E-state index in [0.717, 1.165) is 109 Å². The molecule has 1 atom stereocenters. The third-order valence-corrected chi connectivity index (χ3v) is 14.8. The zero-order chi connectivity index (χ0) is 57.1. The van der Waals surface area contributed by atoms with Crippen molar-refractivity contribution >= 4 is 17.9 Å². The molecule has 0 saturated carbocycles. The minimum Gasteiger partial charge on any atom is -0.462 e. The van der Waals surface area contributed by atoms with Crippen molar-refractivity contribution in [3.63, 3.8) is 0 Å². The molecule has 0 amide bonds. The number of ether oxygens (including phenoxy) is 3. The van der Waals surface area contributed by atoms with E-state index in [1.807, 2.05) is 0 Å². The summed E-state index contributed by atoms with van der Waals surface area (Å²) in [7, 11) is 0. The van der Waals surface area contributed by atoms with Crippen LogP contribution in [0, 0.1) is 0 Å². The lowest BCUT2D eigenvalue weighted by Crippen LogP contribution is -2.30. The average Bonchev–Trinajstić information content (AvgIpc) is 3.45. The van der Waals surface area contributed by atoms with Gasteiger partial charge in [-0.15, -0.1) is 0 Å². The highest BCUT2D eigenvalue weighted by Gasteiger charge is 2.19. The largest absolute Gasteiger partial charge is 0.462 e. The number of rotatable bonds is 62. The fraction of sp³-hybridized carbons (Fsp3) is 0.767. The first-order chi connectivity index (χ1) is 39.0. The van der Waals surface area contributed by atoms with E-state index >= 15 is 0 Å². The first-order valence-corrected chi connectivity index (χ1v) is 34.1. The molecule has 456 valence electrons. The van der Waals surface area contributed by atoms with E-state index in [-0.39, 0.29) is 31.1 Å². The maximum atomic E-state index is 12.9. The lowest BCUT2D eigenvalue weighted by Gasteiger charge is -2.18. The van der Waals surface area contributed by atoms with Gasteiger partial charge in [0, 0.05) is 19.3 Å². The van der Waals surface area contributed by atoms with Gasteiger partial charge in [-0.05, 0) is 109 Å². The lowest BCUT2D eigenvalue weighted by atomic mass is 10.0. The van der Waals surface area contributed by atoms with Gasteiger partial charge in [-0.3, -0.25) is 14.4 Å². The molecule has 79 heavy (non-hydrogen) atoms. The van der Waals surface area contributed by atoms with E-state index in [9.17, 15) is 14.4 Å². The Bertz CT molecular complexity index is 1500. The molecular formula is C73H128O6. The second kappa shape index (κ2) is 67.1. The molecule has 1 unspecified atom stereocenters. The van der Waals surface area contributed by atoms with Crippen molar-refractivity contribution in [2.24, 2.45) is 0 Å². The fourth-order valence-corrected chi connectivity index (χ4v) is 9.76. The molecule has 0 fully saturated rings. The first-order valence-electron chi connectivity index (χ1n) is 34.1. The zero-order valence-electron chi connectivity index (χ0n) is 52.4. The van der Waals surface area contributed by atoms with Crippen molar-refractivity contribution < 1.29 is 28.6 Å². The molecule has 0 aliphatic heterocycles. The standard InChI is InChI=1S/C73H128O6/c1-4-7-10-13-16-19-22-25-27-29-30-31-32-33-34-35-36-37-38-39-40-41-42-44-45-48-51-54-57-60-63-66-72(75)78-69-70(68-77-71(74)65-62-59-56-53-50-47-24-21-18-15-12-9-6-3)79-73(76)67-64-61-58-55-52-49-46-43-28-26-23-20-17-14-11-8-5-2/h7,10,12,15-16,19,21,24-28,30-31,70H,4-6,8-9,11,13-14,17-18,20,22-23,29,32-69H2,1-3H3/b10-7-,15-12-,19-16-,24-21-,27-25-,28-26-,31-30-. The van der Waals surface area contributed by atoms with Gasteiger partial charge in [0.2, 0.25) is 0 Å². The zero-order valence-corrected chi connectivity index (χ0v) is 52.4. The van der Waals surface area contributed by atoms with Crippen molar-refractivity contribution in [1.29, 1.82) is 0 Å². The second-order valence-electron chi connectivity index (χ2n) is 22.7. The summed E-state index contributed by atoms with van der Waals surface area (Å²) in [5.74, 6) is -0.882. The molecule has 0 aromatic rings. The van der Waals surface area contributed by atoms with E-state index in [1.165, 1.54) is 193 Å². The Balaban J connectivity index is 4.19. The number of esters is 3. The number of allylic oxidation sites excluding steroid dienone is 14. The first kappa shape index (κ1) is 75.6. The predicted molar refractivity (Wildman–Crippen MR) is 344 cm³/mol. The van der Waals surface area contributed by atoms with Gasteiger partial charge in [-0.2, -0.15) is 0 Å². The van der Waals surface area contributed by atoms with Crippen LogP contribution in [0.3, 0.4) is 0 Å². The van der Waals surface area contributed by atoms with E-state index < -0.39 is 6.10 Å². The Morgan fingerprint density at radius 2 is 0.519 bits per heavy atom. The maximum Gasteiger partial charge on any atom is 0.306 e. The molecule has 0 N–H and O–H groups in total. The fourth-order valence-electron chi connectivity index (χ4n) is 9.76. The molecule has 0 radical (unpaired) electrons. The Morgan fingerprint density at radius 3 is 0.835 bits per heavy atom. The lowest BCUT2D eigenvalue weighted by molar-refractivity contribution is -0.167. The van der Waals surface area contributed by atoms with Crippen LogP contribution in [0.1, 0.15) is 342 Å². The molecule has 0 aromatic carbocycles. The Morgan fingerprint density at radius 1 is 0.266 bits per heavy atom. The Hall–Kier alpha value is -3.41. The van der Waals surface area contributed by atoms with Crippen LogP contribution in [0.5, 0.6) is 0 Å². The minimum absolute atomic E-state index is 0.0792. The average molecular weight is 1100 g/mol. The van der Waals surface area contributed by atoms with E-state index in [0.29, 0.717) is 19.3 Å². The normalized spacial score (nSPS) is 12.6. The SMILES string of the molecule is CC/C=C\C/C=C\C/C=C\C/C=C\CCCCCCCCCCCCCCCCCCCCC(=O)OCC(COC(=O)CCCCCCC/C=C\C/C=C\CCC)OC(=O)CCCCCCCCC/C=C\CCCCCCCC. The van der Waals surface area contributed by atoms with Gasteiger partial charge in [-0.1, -0.05) is 298 Å². The van der Waals surface area contributed by atoms with Crippen LogP contribution in [-0.4, -0.2) is 37.2 Å². The van der Waals surface area contributed by atoms with Crippen molar-refractivity contribution in [1.82, 2.24) is 0 Å². The molecule has 0 rings (SSSR count). The molecule has 0 spiro atoms. The quantitative estimate of drug-likeness (QED) is 0.0261. The third-order valence-electron chi connectivity index (χ3n) is 14.8. The highest BCUT2D eigenvalue weighted by molar-refractivity contribution is 5.71. The van der Waals surface area contributed by atoms with Crippen molar-refractivity contribution in [2.45, 2.75) is 348 Å². The molecule has 0 aliphatic carbocycles. The highest BCUT2D eigenvalue weighted by Crippen LogP contribution is 2.17. The van der Waals surface area contributed by atoms with E-state index in [1.54, 1.807) is 0 Å². The smallest absolute Gasteiger partial charge is 0.306 e. The third kappa shape index (κ3) is 65.3. The minimum atomic E-state index is -0.784. The van der Waals surface area contributed by atoms with Crippen molar-refractivity contribution in [2.75, 3.05) is 13.2 Å². The van der Waals surface area contributed by atoms with Gasteiger partial charge in [-0.25, -0.2) is 0 Å². The van der Waals surface area contributed by atoms with Crippen LogP contribution in [0.25, 0.3) is 0 Å². The van der Waals surface area contributed by atoms with E-state index in [4.69, 9.17) is 14.2 Å². The summed E-state index contributed by atoms with van der Waals surface area (Å²) in [5, 5.41) is 0. The van der Waals surface area contributed by atoms with Crippen LogP contribution >= 0.6 is 0 Å². The second-order valence-corrected chi connectivity index (χ2v) is 22.7. The molecule has 6 nitrogen and oxygen atoms in total. The summed E-state index contributed by atoms with van der Waals surface area (Å²) in [6.07, 6.45) is 89.0. The summed E-state index contributed by atoms with van der Waals surface area (Å²) in [4.78, 5) is 38.3.